The Balaban J connectivity index is 2.96. The molecule has 0 bridgehead atoms. The van der Waals surface area contributed by atoms with Crippen molar-refractivity contribution in [2.75, 3.05) is 0 Å². The van der Waals surface area contributed by atoms with Crippen molar-refractivity contribution in [2.45, 2.75) is 59.4 Å². The molecule has 0 aliphatic heterocycles. The summed E-state index contributed by atoms with van der Waals surface area (Å²) in [7, 11) is 0. The molecule has 18 heavy (non-hydrogen) atoms. The fraction of sp³-hybridized carbons (Fsp3) is 0.529. The maximum Gasteiger partial charge on any atom is 0.0490 e. The number of nitrogens with zero attached hydrogens (tertiary/aromatic N) is 1. The molecule has 2 rings (SSSR count). The van der Waals surface area contributed by atoms with Crippen molar-refractivity contribution in [3.8, 4) is 0 Å². The Kier molecular flexibility index (Phi) is 2.84. The molecule has 1 heteroatoms. The quantitative estimate of drug-likeness (QED) is 0.613. The van der Waals surface area contributed by atoms with Gasteiger partial charge in [-0.15, -0.1) is 0 Å². The summed E-state index contributed by atoms with van der Waals surface area (Å²) in [5.41, 5.74) is 4.50. The Morgan fingerprint density at radius 2 is 1.44 bits per heavy atom. The Morgan fingerprint density at radius 3 is 1.94 bits per heavy atom. The van der Waals surface area contributed by atoms with Crippen LogP contribution < -0.4 is 0 Å². The van der Waals surface area contributed by atoms with Crippen LogP contribution in [0.5, 0.6) is 0 Å². The normalized spacial score (nSPS) is 13.3. The Morgan fingerprint density at radius 1 is 0.889 bits per heavy atom. The van der Waals surface area contributed by atoms with Gasteiger partial charge in [0.15, 0.2) is 0 Å². The maximum atomic E-state index is 2.51. The van der Waals surface area contributed by atoms with Crippen molar-refractivity contribution in [1.82, 2.24) is 4.57 Å². The standard InChI is InChI=1S/C17H25N/c1-12-13-10-8-9-11-14(13)18(17(5,6)7)15(12)16(2,3)4/h8-11H,1-7H3. The van der Waals surface area contributed by atoms with Crippen LogP contribution in [0.3, 0.4) is 0 Å². The van der Waals surface area contributed by atoms with Crippen LogP contribution in [0, 0.1) is 6.92 Å². The Hall–Kier alpha value is -1.24. The van der Waals surface area contributed by atoms with Gasteiger partial charge in [0, 0.05) is 27.6 Å². The van der Waals surface area contributed by atoms with Crippen LogP contribution in [0.15, 0.2) is 24.3 Å². The van der Waals surface area contributed by atoms with Crippen LogP contribution in [0.1, 0.15) is 52.8 Å². The Labute approximate surface area is 111 Å². The van der Waals surface area contributed by atoms with E-state index in [2.05, 4.69) is 77.3 Å². The molecule has 0 aliphatic carbocycles. The van der Waals surface area contributed by atoms with Crippen molar-refractivity contribution in [3.05, 3.63) is 35.5 Å². The first-order valence-corrected chi connectivity index (χ1v) is 6.75. The highest BCUT2D eigenvalue weighted by molar-refractivity contribution is 5.86. The van der Waals surface area contributed by atoms with Crippen molar-refractivity contribution >= 4 is 10.9 Å². The average molecular weight is 243 g/mol. The summed E-state index contributed by atoms with van der Waals surface area (Å²) < 4.78 is 2.51. The van der Waals surface area contributed by atoms with Crippen LogP contribution in [0.4, 0.5) is 0 Å². The van der Waals surface area contributed by atoms with Crippen LogP contribution in [0.25, 0.3) is 10.9 Å². The maximum absolute atomic E-state index is 2.51. The zero-order valence-corrected chi connectivity index (χ0v) is 12.8. The summed E-state index contributed by atoms with van der Waals surface area (Å²) in [5.74, 6) is 0. The van der Waals surface area contributed by atoms with E-state index in [9.17, 15) is 0 Å². The third-order valence-electron chi connectivity index (χ3n) is 3.51. The molecule has 0 atom stereocenters. The highest BCUT2D eigenvalue weighted by Gasteiger charge is 2.29. The van der Waals surface area contributed by atoms with E-state index in [1.54, 1.807) is 0 Å². The highest BCUT2D eigenvalue weighted by Crippen LogP contribution is 2.37. The number of rotatable bonds is 0. The molecule has 1 aromatic heterocycles. The molecule has 0 N–H and O–H groups in total. The fourth-order valence-electron chi connectivity index (χ4n) is 3.00. The van der Waals surface area contributed by atoms with E-state index in [0.29, 0.717) is 0 Å². The van der Waals surface area contributed by atoms with E-state index >= 15 is 0 Å². The number of benzene rings is 1. The van der Waals surface area contributed by atoms with Crippen LogP contribution >= 0.6 is 0 Å². The molecule has 0 spiro atoms. The molecule has 1 nitrogen and oxygen atoms in total. The molecule has 0 saturated carbocycles. The largest absolute Gasteiger partial charge is 0.339 e. The van der Waals surface area contributed by atoms with Gasteiger partial charge < -0.3 is 4.57 Å². The third-order valence-corrected chi connectivity index (χ3v) is 3.51. The van der Waals surface area contributed by atoms with Gasteiger partial charge in [0.1, 0.15) is 0 Å². The predicted molar refractivity (Wildman–Crippen MR) is 80.4 cm³/mol. The second kappa shape index (κ2) is 3.88. The number of fused-ring (bicyclic) bond motifs is 1. The molecular weight excluding hydrogens is 218 g/mol. The van der Waals surface area contributed by atoms with E-state index in [4.69, 9.17) is 0 Å². The first-order valence-electron chi connectivity index (χ1n) is 6.75. The minimum absolute atomic E-state index is 0.108. The van der Waals surface area contributed by atoms with E-state index in [1.807, 2.05) is 0 Å². The molecule has 0 fully saturated rings. The zero-order chi connectivity index (χ0) is 13.7. The monoisotopic (exact) mass is 243 g/mol. The van der Waals surface area contributed by atoms with Crippen molar-refractivity contribution in [1.29, 1.82) is 0 Å². The van der Waals surface area contributed by atoms with Gasteiger partial charge in [-0.25, -0.2) is 0 Å². The SMILES string of the molecule is Cc1c(C(C)(C)C)n(C(C)(C)C)c2ccccc12. The van der Waals surface area contributed by atoms with Gasteiger partial charge in [-0.3, -0.25) is 0 Å². The number of hydrogen-bond acceptors (Lipinski definition) is 0. The summed E-state index contributed by atoms with van der Waals surface area (Å²) in [6.45, 7) is 16.0. The lowest BCUT2D eigenvalue weighted by Crippen LogP contribution is -2.29. The molecule has 0 aliphatic rings. The van der Waals surface area contributed by atoms with Gasteiger partial charge in [0.05, 0.1) is 0 Å². The lowest BCUT2D eigenvalue weighted by Gasteiger charge is -2.32. The minimum Gasteiger partial charge on any atom is -0.339 e. The smallest absolute Gasteiger partial charge is 0.0490 e. The van der Waals surface area contributed by atoms with Gasteiger partial charge >= 0.3 is 0 Å². The fourth-order valence-corrected chi connectivity index (χ4v) is 3.00. The summed E-state index contributed by atoms with van der Waals surface area (Å²) in [4.78, 5) is 0. The van der Waals surface area contributed by atoms with Gasteiger partial charge in [-0.05, 0) is 39.3 Å². The number of hydrogen-bond donors (Lipinski definition) is 0. The minimum atomic E-state index is 0.108. The van der Waals surface area contributed by atoms with Crippen LogP contribution in [-0.2, 0) is 11.0 Å². The summed E-state index contributed by atoms with van der Waals surface area (Å²) >= 11 is 0. The molecule has 0 unspecified atom stereocenters. The van der Waals surface area contributed by atoms with E-state index in [-0.39, 0.29) is 11.0 Å². The van der Waals surface area contributed by atoms with Crippen LogP contribution in [-0.4, -0.2) is 4.57 Å². The number of aromatic nitrogens is 1. The van der Waals surface area contributed by atoms with E-state index in [0.717, 1.165) is 0 Å². The molecule has 1 aromatic carbocycles. The van der Waals surface area contributed by atoms with E-state index in [1.165, 1.54) is 22.2 Å². The number of aryl methyl sites for hydroxylation is 1. The topological polar surface area (TPSA) is 4.93 Å². The lowest BCUT2D eigenvalue weighted by molar-refractivity contribution is 0.370. The van der Waals surface area contributed by atoms with Crippen molar-refractivity contribution in [2.24, 2.45) is 0 Å². The zero-order valence-electron chi connectivity index (χ0n) is 12.8. The average Bonchev–Trinajstić information content (AvgIpc) is 2.52. The third kappa shape index (κ3) is 1.96. The summed E-state index contributed by atoms with van der Waals surface area (Å²) in [5, 5.41) is 1.39. The molecule has 2 aromatic rings. The Bertz CT molecular complexity index is 574. The molecule has 98 valence electrons. The number of para-hydroxylation sites is 1. The van der Waals surface area contributed by atoms with Gasteiger partial charge in [-0.1, -0.05) is 39.0 Å². The summed E-state index contributed by atoms with van der Waals surface area (Å²) in [6, 6.07) is 8.75. The molecule has 0 radical (unpaired) electrons. The van der Waals surface area contributed by atoms with Gasteiger partial charge in [0.2, 0.25) is 0 Å². The van der Waals surface area contributed by atoms with E-state index < -0.39 is 0 Å². The summed E-state index contributed by atoms with van der Waals surface area (Å²) in [6.07, 6.45) is 0. The van der Waals surface area contributed by atoms with Crippen molar-refractivity contribution in [3.63, 3.8) is 0 Å². The van der Waals surface area contributed by atoms with Gasteiger partial charge in [-0.2, -0.15) is 0 Å². The van der Waals surface area contributed by atoms with Gasteiger partial charge in [0.25, 0.3) is 0 Å². The molecule has 1 heterocycles. The highest BCUT2D eigenvalue weighted by atomic mass is 15.1. The van der Waals surface area contributed by atoms with Crippen LogP contribution in [0.2, 0.25) is 0 Å². The first-order chi connectivity index (χ1) is 8.14. The lowest BCUT2D eigenvalue weighted by atomic mass is 9.88. The molecule has 0 amide bonds. The molecule has 0 saturated heterocycles. The molecular formula is C17H25N. The second-order valence-electron chi connectivity index (χ2n) is 7.25. The second-order valence-corrected chi connectivity index (χ2v) is 7.25. The van der Waals surface area contributed by atoms with Crippen molar-refractivity contribution < 1.29 is 0 Å². The predicted octanol–water partition coefficient (Wildman–Crippen LogP) is 5.00. The first kappa shape index (κ1) is 13.2.